The van der Waals surface area contributed by atoms with E-state index >= 15 is 0 Å². The van der Waals surface area contributed by atoms with E-state index < -0.39 is 66.2 Å². The van der Waals surface area contributed by atoms with Crippen molar-refractivity contribution < 1.29 is 43.3 Å². The molecule has 236 valence electrons. The minimum Gasteiger partial charge on any atom is -0.439 e. The molecule has 0 aromatic rings. The maximum absolute atomic E-state index is 13.7. The second-order valence-corrected chi connectivity index (χ2v) is 11.1. The summed E-state index contributed by atoms with van der Waals surface area (Å²) in [5.74, 6) is -3.14. The Morgan fingerprint density at radius 3 is 2.33 bits per heavy atom. The number of carbonyl (C=O) groups is 5. The highest BCUT2D eigenvalue weighted by Gasteiger charge is 2.35. The number of allylic oxidation sites excluding steroid dienone is 4. The summed E-state index contributed by atoms with van der Waals surface area (Å²) in [6.45, 7) is 7.60. The van der Waals surface area contributed by atoms with Crippen molar-refractivity contribution in [2.45, 2.75) is 71.9 Å². The van der Waals surface area contributed by atoms with E-state index in [1.54, 1.807) is 26.0 Å². The number of nitrogens with two attached hydrogens (primary N) is 2. The molecule has 43 heavy (non-hydrogen) atoms. The number of aliphatic hydroxyl groups excluding tert-OH is 1. The van der Waals surface area contributed by atoms with Gasteiger partial charge in [-0.05, 0) is 45.1 Å². The van der Waals surface area contributed by atoms with Crippen LogP contribution >= 0.6 is 0 Å². The highest BCUT2D eigenvalue weighted by atomic mass is 16.6. The summed E-state index contributed by atoms with van der Waals surface area (Å²) in [6.07, 6.45) is 3.02. The molecule has 0 fully saturated rings. The highest BCUT2D eigenvalue weighted by Crippen LogP contribution is 2.30. The minimum atomic E-state index is -1.03. The predicted octanol–water partition coefficient (Wildman–Crippen LogP) is 2.02. The van der Waals surface area contributed by atoms with Crippen molar-refractivity contribution >= 4 is 29.4 Å². The summed E-state index contributed by atoms with van der Waals surface area (Å²) in [5.41, 5.74) is 11.6. The first-order valence-electron chi connectivity index (χ1n) is 14.0. The topological polar surface area (TPSA) is 189 Å². The summed E-state index contributed by atoms with van der Waals surface area (Å²) in [6, 6.07) is 0. The molecular formula is C31H43N3O9. The van der Waals surface area contributed by atoms with Gasteiger partial charge >= 0.3 is 6.09 Å². The SMILES string of the molecule is CO[C@H]1/C=C/C=C(/C)C(=O)N(CC(C)=O)C2=CC(=O)C(N)=C(C[C@@H](C)C[C@H](OC)[C@H](O)[C@@H](C)/C=C(\C)[C@@H]1OC(N)=O)C2=O. The fourth-order valence-corrected chi connectivity index (χ4v) is 5.18. The van der Waals surface area contributed by atoms with Crippen LogP contribution in [-0.2, 0) is 33.4 Å². The second-order valence-electron chi connectivity index (χ2n) is 11.1. The lowest BCUT2D eigenvalue weighted by Gasteiger charge is -2.30. The smallest absolute Gasteiger partial charge is 0.405 e. The lowest BCUT2D eigenvalue weighted by molar-refractivity contribution is -0.131. The number of nitrogens with zero attached hydrogens (tertiary/aromatic N) is 1. The van der Waals surface area contributed by atoms with Gasteiger partial charge < -0.3 is 30.8 Å². The van der Waals surface area contributed by atoms with Crippen LogP contribution in [0.15, 0.2) is 58.5 Å². The number of ketones is 3. The van der Waals surface area contributed by atoms with E-state index in [0.29, 0.717) is 5.57 Å². The average Bonchev–Trinajstić information content (AvgIpc) is 2.94. The van der Waals surface area contributed by atoms with Gasteiger partial charge in [-0.1, -0.05) is 38.2 Å². The van der Waals surface area contributed by atoms with Crippen molar-refractivity contribution in [2.75, 3.05) is 20.8 Å². The van der Waals surface area contributed by atoms with Crippen LogP contribution in [0.2, 0.25) is 0 Å². The molecule has 0 spiro atoms. The van der Waals surface area contributed by atoms with Gasteiger partial charge in [0, 0.05) is 37.4 Å². The van der Waals surface area contributed by atoms with Gasteiger partial charge in [0.25, 0.3) is 5.91 Å². The predicted molar refractivity (Wildman–Crippen MR) is 158 cm³/mol. The fourth-order valence-electron chi connectivity index (χ4n) is 5.18. The van der Waals surface area contributed by atoms with Crippen LogP contribution in [0.3, 0.4) is 0 Å². The van der Waals surface area contributed by atoms with E-state index in [1.165, 1.54) is 40.2 Å². The standard InChI is InChI=1S/C31H43N3O9/c1-16-11-21-26(32)23(36)14-22(28(21)38)34(15-20(5)35)30(39)17(2)9-8-10-24(41-6)29(43-31(33)40)19(4)13-18(3)27(37)25(12-16)42-7/h8-10,13-14,16,18,24-25,27,29,37H,11-12,15,32H2,1-7H3,(H2,33,40)/b10-8+,17-9-,19-13+/t16-,18+,24+,25+,27-,29+/m1/s1. The van der Waals surface area contributed by atoms with Gasteiger partial charge in [0.05, 0.1) is 30.1 Å². The molecule has 0 saturated carbocycles. The fraction of sp³-hybridized carbons (Fsp3) is 0.516. The van der Waals surface area contributed by atoms with Gasteiger partial charge in [-0.15, -0.1) is 0 Å². The number of hydrogen-bond donors (Lipinski definition) is 3. The summed E-state index contributed by atoms with van der Waals surface area (Å²) >= 11 is 0. The van der Waals surface area contributed by atoms with Gasteiger partial charge in [0.1, 0.15) is 11.9 Å². The zero-order chi connectivity index (χ0) is 32.6. The molecule has 2 aliphatic rings. The molecule has 0 aromatic heterocycles. The number of amides is 2. The van der Waals surface area contributed by atoms with Crippen LogP contribution in [0.4, 0.5) is 4.79 Å². The van der Waals surface area contributed by atoms with Gasteiger partial charge in [0.15, 0.2) is 6.10 Å². The Morgan fingerprint density at radius 1 is 1.12 bits per heavy atom. The second kappa shape index (κ2) is 15.6. The van der Waals surface area contributed by atoms with E-state index in [9.17, 15) is 29.1 Å². The highest BCUT2D eigenvalue weighted by molar-refractivity contribution is 6.23. The van der Waals surface area contributed by atoms with Crippen molar-refractivity contribution in [3.8, 4) is 0 Å². The van der Waals surface area contributed by atoms with Crippen molar-refractivity contribution in [1.29, 1.82) is 0 Å². The van der Waals surface area contributed by atoms with Gasteiger partial charge in [0.2, 0.25) is 11.6 Å². The quantitative estimate of drug-likeness (QED) is 0.311. The van der Waals surface area contributed by atoms with E-state index in [2.05, 4.69) is 0 Å². The molecule has 12 nitrogen and oxygen atoms in total. The third-order valence-corrected chi connectivity index (χ3v) is 7.46. The summed E-state index contributed by atoms with van der Waals surface area (Å²) < 4.78 is 16.5. The molecule has 1 aliphatic heterocycles. The zero-order valence-electron chi connectivity index (χ0n) is 25.8. The monoisotopic (exact) mass is 601 g/mol. The van der Waals surface area contributed by atoms with E-state index in [-0.39, 0.29) is 41.3 Å². The van der Waals surface area contributed by atoms with Gasteiger partial charge in [-0.3, -0.25) is 24.1 Å². The Balaban J connectivity index is 2.72. The van der Waals surface area contributed by atoms with Crippen molar-refractivity contribution in [3.05, 3.63) is 58.5 Å². The lowest BCUT2D eigenvalue weighted by atomic mass is 9.85. The molecule has 0 saturated heterocycles. The molecule has 0 radical (unpaired) electrons. The van der Waals surface area contributed by atoms with Gasteiger partial charge in [-0.2, -0.15) is 0 Å². The Labute approximate surface area is 252 Å². The minimum absolute atomic E-state index is 0.0262. The first-order chi connectivity index (χ1) is 20.1. The molecule has 0 unspecified atom stereocenters. The first kappa shape index (κ1) is 35.3. The summed E-state index contributed by atoms with van der Waals surface area (Å²) in [4.78, 5) is 65.0. The number of hydrogen-bond acceptors (Lipinski definition) is 10. The van der Waals surface area contributed by atoms with Crippen LogP contribution in [-0.4, -0.2) is 84.5 Å². The molecule has 2 rings (SSSR count). The molecule has 5 N–H and O–H groups in total. The van der Waals surface area contributed by atoms with Crippen LogP contribution in [0.5, 0.6) is 0 Å². The zero-order valence-corrected chi connectivity index (χ0v) is 25.8. The number of Topliss-reactive ketones (excluding diaryl/α,β-unsaturated/α-hetero) is 2. The molecule has 0 aromatic carbocycles. The molecule has 1 heterocycles. The number of primary amides is 1. The largest absolute Gasteiger partial charge is 0.439 e. The Hall–Kier alpha value is -3.87. The molecular weight excluding hydrogens is 558 g/mol. The number of fused-ring (bicyclic) bond motifs is 2. The van der Waals surface area contributed by atoms with Crippen molar-refractivity contribution in [3.63, 3.8) is 0 Å². The maximum atomic E-state index is 13.7. The van der Waals surface area contributed by atoms with E-state index in [4.69, 9.17) is 25.7 Å². The van der Waals surface area contributed by atoms with Crippen LogP contribution < -0.4 is 11.5 Å². The molecule has 6 atom stereocenters. The number of carbonyl (C=O) groups excluding carboxylic acids is 5. The third-order valence-electron chi connectivity index (χ3n) is 7.46. The first-order valence-corrected chi connectivity index (χ1v) is 14.0. The normalized spacial score (nSPS) is 31.5. The Morgan fingerprint density at radius 2 is 1.77 bits per heavy atom. The average molecular weight is 602 g/mol. The van der Waals surface area contributed by atoms with Gasteiger partial charge in [-0.25, -0.2) is 4.79 Å². The third kappa shape index (κ3) is 9.06. The lowest BCUT2D eigenvalue weighted by Crippen LogP contribution is -2.41. The molecule has 1 aliphatic carbocycles. The van der Waals surface area contributed by atoms with E-state index in [0.717, 1.165) is 11.0 Å². The molecule has 2 bridgehead atoms. The Kier molecular flexibility index (Phi) is 12.8. The summed E-state index contributed by atoms with van der Waals surface area (Å²) in [5, 5.41) is 11.2. The number of aliphatic hydroxyl groups is 1. The number of rotatable bonds is 5. The Bertz CT molecular complexity index is 1280. The van der Waals surface area contributed by atoms with E-state index in [1.807, 2.05) is 6.92 Å². The van der Waals surface area contributed by atoms with Crippen molar-refractivity contribution in [1.82, 2.24) is 4.90 Å². The number of ether oxygens (including phenoxy) is 3. The summed E-state index contributed by atoms with van der Waals surface area (Å²) in [7, 11) is 2.86. The molecule has 2 amide bonds. The van der Waals surface area contributed by atoms with Crippen molar-refractivity contribution in [2.24, 2.45) is 23.3 Å². The van der Waals surface area contributed by atoms with Crippen LogP contribution in [0, 0.1) is 11.8 Å². The van der Waals surface area contributed by atoms with Crippen LogP contribution in [0.25, 0.3) is 0 Å². The maximum Gasteiger partial charge on any atom is 0.405 e. The number of methoxy groups -OCH3 is 2. The molecule has 12 heteroatoms. The van der Waals surface area contributed by atoms with Crippen LogP contribution in [0.1, 0.15) is 47.5 Å².